The van der Waals surface area contributed by atoms with Gasteiger partial charge in [0.1, 0.15) is 0 Å². The van der Waals surface area contributed by atoms with E-state index in [1.165, 1.54) is 18.6 Å². The average Bonchev–Trinajstić information content (AvgIpc) is 3.12. The fourth-order valence-corrected chi connectivity index (χ4v) is 5.20. The van der Waals surface area contributed by atoms with E-state index in [0.717, 1.165) is 25.4 Å². The van der Waals surface area contributed by atoms with E-state index in [-0.39, 0.29) is 0 Å². The number of nitrogens with one attached hydrogen (secondary N) is 1. The van der Waals surface area contributed by atoms with Gasteiger partial charge in [-0.15, -0.1) is 0 Å². The van der Waals surface area contributed by atoms with Crippen molar-refractivity contribution in [3.63, 3.8) is 0 Å². The Bertz CT molecular complexity index is 354. The maximum Gasteiger partial charge on any atom is 0.224 e. The van der Waals surface area contributed by atoms with Gasteiger partial charge in [0.2, 0.25) is 5.91 Å². The second-order valence-electron chi connectivity index (χ2n) is 6.35. The molecular weight excluding hydrogens is 260 g/mol. The Balaban J connectivity index is 1.35. The number of thioether (sulfide) groups is 1. The van der Waals surface area contributed by atoms with E-state index in [0.29, 0.717) is 42.4 Å². The number of carbonyl (C=O) groups excluding carboxylic acids is 1. The van der Waals surface area contributed by atoms with Gasteiger partial charge in [0.05, 0.1) is 12.2 Å². The van der Waals surface area contributed by atoms with Crippen molar-refractivity contribution in [2.24, 2.45) is 11.8 Å². The van der Waals surface area contributed by atoms with E-state index in [1.54, 1.807) is 0 Å². The number of rotatable bonds is 2. The number of ether oxygens (including phenoxy) is 1. The zero-order chi connectivity index (χ0) is 12.8. The third-order valence-electron chi connectivity index (χ3n) is 5.22. The lowest BCUT2D eigenvalue weighted by atomic mass is 9.82. The Kier molecular flexibility index (Phi) is 3.24. The van der Waals surface area contributed by atoms with Gasteiger partial charge in [-0.3, -0.25) is 4.79 Å². The van der Waals surface area contributed by atoms with E-state index in [9.17, 15) is 4.79 Å². The summed E-state index contributed by atoms with van der Waals surface area (Å²) in [6, 6.07) is 0.389. The summed E-state index contributed by atoms with van der Waals surface area (Å²) in [5.74, 6) is 3.89. The highest BCUT2D eigenvalue weighted by Crippen LogP contribution is 2.47. The summed E-state index contributed by atoms with van der Waals surface area (Å²) < 4.78 is 5.96. The molecule has 0 spiro atoms. The van der Waals surface area contributed by atoms with E-state index in [4.69, 9.17) is 4.74 Å². The fourth-order valence-electron chi connectivity index (χ4n) is 4.25. The molecule has 5 heteroatoms. The molecule has 0 aromatic rings. The second-order valence-corrected chi connectivity index (χ2v) is 7.50. The van der Waals surface area contributed by atoms with Gasteiger partial charge in [0, 0.05) is 55.4 Å². The lowest BCUT2D eigenvalue weighted by Crippen LogP contribution is -2.42. The molecule has 4 rings (SSSR count). The first-order chi connectivity index (χ1) is 9.31. The summed E-state index contributed by atoms with van der Waals surface area (Å²) in [5, 5.41) is 3.46. The van der Waals surface area contributed by atoms with Crippen LogP contribution in [0.5, 0.6) is 0 Å². The summed E-state index contributed by atoms with van der Waals surface area (Å²) in [6.07, 6.45) is 4.03. The zero-order valence-electron chi connectivity index (χ0n) is 11.2. The summed E-state index contributed by atoms with van der Waals surface area (Å²) >= 11 is 1.96. The highest BCUT2D eigenvalue weighted by atomic mass is 32.2. The van der Waals surface area contributed by atoms with Crippen molar-refractivity contribution in [1.29, 1.82) is 0 Å². The molecule has 1 amide bonds. The van der Waals surface area contributed by atoms with Crippen LogP contribution in [-0.4, -0.2) is 60.2 Å². The van der Waals surface area contributed by atoms with Crippen LogP contribution in [0, 0.1) is 11.8 Å². The summed E-state index contributed by atoms with van der Waals surface area (Å²) in [5.41, 5.74) is 0. The first kappa shape index (κ1) is 12.5. The smallest absolute Gasteiger partial charge is 0.224 e. The highest BCUT2D eigenvalue weighted by molar-refractivity contribution is 7.99. The molecule has 5 unspecified atom stereocenters. The third-order valence-corrected chi connectivity index (χ3v) is 6.36. The molecule has 0 radical (unpaired) electrons. The van der Waals surface area contributed by atoms with Gasteiger partial charge in [-0.05, 0) is 12.8 Å². The van der Waals surface area contributed by atoms with Gasteiger partial charge in [-0.2, -0.15) is 11.8 Å². The molecule has 4 fully saturated rings. The summed E-state index contributed by atoms with van der Waals surface area (Å²) in [6.45, 7) is 2.95. The van der Waals surface area contributed by atoms with Gasteiger partial charge in [-0.1, -0.05) is 0 Å². The van der Waals surface area contributed by atoms with E-state index < -0.39 is 0 Å². The van der Waals surface area contributed by atoms with Gasteiger partial charge >= 0.3 is 0 Å². The molecule has 2 bridgehead atoms. The van der Waals surface area contributed by atoms with Crippen molar-refractivity contribution in [2.75, 3.05) is 31.1 Å². The lowest BCUT2D eigenvalue weighted by Gasteiger charge is -2.25. The summed E-state index contributed by atoms with van der Waals surface area (Å²) in [4.78, 5) is 14.5. The van der Waals surface area contributed by atoms with Crippen molar-refractivity contribution in [2.45, 2.75) is 37.5 Å². The predicted molar refractivity (Wildman–Crippen MR) is 75.2 cm³/mol. The number of amides is 1. The molecule has 0 aliphatic carbocycles. The van der Waals surface area contributed by atoms with Crippen LogP contribution in [0.4, 0.5) is 0 Å². The molecule has 106 valence electrons. The lowest BCUT2D eigenvalue weighted by molar-refractivity contribution is -0.131. The first-order valence-electron chi connectivity index (χ1n) is 7.55. The Morgan fingerprint density at radius 2 is 2.00 bits per heavy atom. The fraction of sp³-hybridized carbons (Fsp3) is 0.929. The first-order valence-corrected chi connectivity index (χ1v) is 8.71. The summed E-state index contributed by atoms with van der Waals surface area (Å²) in [7, 11) is 0. The van der Waals surface area contributed by atoms with E-state index in [2.05, 4.69) is 10.2 Å². The maximum atomic E-state index is 12.4. The van der Waals surface area contributed by atoms with Crippen LogP contribution >= 0.6 is 11.8 Å². The molecule has 4 aliphatic rings. The number of fused-ring (bicyclic) bond motifs is 5. The Morgan fingerprint density at radius 3 is 2.63 bits per heavy atom. The van der Waals surface area contributed by atoms with Crippen molar-refractivity contribution in [3.8, 4) is 0 Å². The molecular formula is C14H22N2O2S. The molecule has 1 N–H and O–H groups in total. The third kappa shape index (κ3) is 2.20. The molecule has 4 heterocycles. The van der Waals surface area contributed by atoms with Crippen LogP contribution in [0.1, 0.15) is 19.3 Å². The van der Waals surface area contributed by atoms with Crippen LogP contribution in [0.3, 0.4) is 0 Å². The molecule has 0 aromatic carbocycles. The SMILES string of the molecule is O=C(CC1CSCCN1)N1CC2C3CCC(O3)C2C1. The molecule has 19 heavy (non-hydrogen) atoms. The van der Waals surface area contributed by atoms with Gasteiger partial charge < -0.3 is 15.0 Å². The number of nitrogens with zero attached hydrogens (tertiary/aromatic N) is 1. The number of hydrogen-bond donors (Lipinski definition) is 1. The van der Waals surface area contributed by atoms with E-state index >= 15 is 0 Å². The van der Waals surface area contributed by atoms with Crippen LogP contribution in [0.25, 0.3) is 0 Å². The largest absolute Gasteiger partial charge is 0.374 e. The Hall–Kier alpha value is -0.260. The van der Waals surface area contributed by atoms with Crippen LogP contribution in [0.2, 0.25) is 0 Å². The molecule has 4 aliphatic heterocycles. The number of likely N-dealkylation sites (tertiary alicyclic amines) is 1. The quantitative estimate of drug-likeness (QED) is 0.810. The Morgan fingerprint density at radius 1 is 1.26 bits per heavy atom. The van der Waals surface area contributed by atoms with Crippen LogP contribution < -0.4 is 5.32 Å². The monoisotopic (exact) mass is 282 g/mol. The predicted octanol–water partition coefficient (Wildman–Crippen LogP) is 0.717. The topological polar surface area (TPSA) is 41.6 Å². The van der Waals surface area contributed by atoms with Crippen molar-refractivity contribution >= 4 is 17.7 Å². The van der Waals surface area contributed by atoms with Crippen molar-refractivity contribution in [3.05, 3.63) is 0 Å². The highest BCUT2D eigenvalue weighted by Gasteiger charge is 2.53. The van der Waals surface area contributed by atoms with Gasteiger partial charge in [0.25, 0.3) is 0 Å². The maximum absolute atomic E-state index is 12.4. The van der Waals surface area contributed by atoms with Crippen molar-refractivity contribution in [1.82, 2.24) is 10.2 Å². The molecule has 0 saturated carbocycles. The molecule has 4 nitrogen and oxygen atoms in total. The van der Waals surface area contributed by atoms with Crippen LogP contribution in [-0.2, 0) is 9.53 Å². The standard InChI is InChI=1S/C14H22N2O2S/c17-14(5-9-8-19-4-3-15-9)16-6-10-11(7-16)13-2-1-12(10)18-13/h9-13,15H,1-8H2. The zero-order valence-corrected chi connectivity index (χ0v) is 12.0. The molecule has 4 saturated heterocycles. The minimum absolute atomic E-state index is 0.355. The number of hydrogen-bond acceptors (Lipinski definition) is 4. The molecule has 5 atom stereocenters. The van der Waals surface area contributed by atoms with E-state index in [1.807, 2.05) is 11.8 Å². The van der Waals surface area contributed by atoms with Gasteiger partial charge in [0.15, 0.2) is 0 Å². The van der Waals surface area contributed by atoms with Gasteiger partial charge in [-0.25, -0.2) is 0 Å². The van der Waals surface area contributed by atoms with Crippen LogP contribution in [0.15, 0.2) is 0 Å². The number of carbonyl (C=O) groups is 1. The molecule has 0 aromatic heterocycles. The second kappa shape index (κ2) is 4.93. The van der Waals surface area contributed by atoms with Crippen molar-refractivity contribution < 1.29 is 9.53 Å². The minimum atomic E-state index is 0.355. The average molecular weight is 282 g/mol. The minimum Gasteiger partial charge on any atom is -0.374 e. The Labute approximate surface area is 118 Å². The normalized spacial score (nSPS) is 44.6.